The number of phenols is 1. The number of phenolic OH excluding ortho intramolecular Hbond substituents is 1. The predicted molar refractivity (Wildman–Crippen MR) is 60.5 cm³/mol. The van der Waals surface area contributed by atoms with Crippen molar-refractivity contribution < 1.29 is 39.1 Å². The van der Waals surface area contributed by atoms with Crippen molar-refractivity contribution in [2.75, 3.05) is 0 Å². The number of hydrogen-bond acceptors (Lipinski definition) is 9. The van der Waals surface area contributed by atoms with Gasteiger partial charge in [-0.05, 0) is 6.07 Å². The number of benzene rings is 1. The molecule has 1 aromatic rings. The van der Waals surface area contributed by atoms with E-state index in [2.05, 4.69) is 14.5 Å². The number of nitrogens with zero attached hydrogens (tertiary/aromatic N) is 1. The van der Waals surface area contributed by atoms with E-state index in [0.29, 0.717) is 0 Å². The summed E-state index contributed by atoms with van der Waals surface area (Å²) in [5.41, 5.74) is -2.61. The molecule has 2 fully saturated rings. The zero-order valence-corrected chi connectivity index (χ0v) is 10.4. The Balaban J connectivity index is 2.17. The number of hydrogen-bond donors (Lipinski definition) is 2. The van der Waals surface area contributed by atoms with Gasteiger partial charge in [-0.3, -0.25) is 9.68 Å². The van der Waals surface area contributed by atoms with Crippen LogP contribution in [0.25, 0.3) is 0 Å². The molecule has 21 heavy (non-hydrogen) atoms. The minimum atomic E-state index is -2.54. The molecule has 0 radical (unpaired) electrons. The summed E-state index contributed by atoms with van der Waals surface area (Å²) in [7, 11) is 0. The molecule has 110 valence electrons. The van der Waals surface area contributed by atoms with Gasteiger partial charge in [-0.1, -0.05) is 18.2 Å². The number of carbonyl (C=O) groups is 3. The van der Waals surface area contributed by atoms with Crippen molar-refractivity contribution in [2.24, 2.45) is 0 Å². The zero-order chi connectivity index (χ0) is 15.2. The number of aliphatic hydroxyl groups is 1. The van der Waals surface area contributed by atoms with E-state index in [1.807, 2.05) is 0 Å². The summed E-state index contributed by atoms with van der Waals surface area (Å²) in [4.78, 5) is 48.9. The fourth-order valence-electron chi connectivity index (χ4n) is 2.27. The summed E-state index contributed by atoms with van der Waals surface area (Å²) >= 11 is 0. The number of para-hydroxylation sites is 1. The van der Waals surface area contributed by atoms with Crippen LogP contribution >= 0.6 is 0 Å². The number of aromatic hydroxyl groups is 1. The van der Waals surface area contributed by atoms with Crippen LogP contribution in [0, 0.1) is 0 Å². The van der Waals surface area contributed by atoms with E-state index in [1.165, 1.54) is 24.3 Å². The van der Waals surface area contributed by atoms with Crippen LogP contribution in [-0.4, -0.2) is 39.1 Å². The second-order valence-electron chi connectivity index (χ2n) is 4.57. The minimum Gasteiger partial charge on any atom is -0.508 e. The van der Waals surface area contributed by atoms with Crippen LogP contribution in [0.5, 0.6) is 5.75 Å². The molecule has 2 aliphatic rings. The topological polar surface area (TPSA) is 123 Å². The van der Waals surface area contributed by atoms with Gasteiger partial charge in [0.1, 0.15) is 11.7 Å². The first-order valence-electron chi connectivity index (χ1n) is 5.87. The van der Waals surface area contributed by atoms with Gasteiger partial charge in [-0.2, -0.15) is 0 Å². The van der Waals surface area contributed by atoms with Crippen LogP contribution in [0.1, 0.15) is 17.9 Å². The van der Waals surface area contributed by atoms with E-state index in [9.17, 15) is 24.6 Å². The van der Waals surface area contributed by atoms with Gasteiger partial charge in [-0.15, -0.1) is 0 Å². The molecule has 3 unspecified atom stereocenters. The van der Waals surface area contributed by atoms with Crippen LogP contribution in [0.2, 0.25) is 0 Å². The highest BCUT2D eigenvalue weighted by Gasteiger charge is 2.59. The fourth-order valence-corrected chi connectivity index (χ4v) is 2.27. The third kappa shape index (κ3) is 1.99. The van der Waals surface area contributed by atoms with Gasteiger partial charge in [0.2, 0.25) is 5.39 Å². The van der Waals surface area contributed by atoms with Gasteiger partial charge < -0.3 is 15.1 Å². The van der Waals surface area contributed by atoms with Crippen LogP contribution < -0.4 is 0 Å². The highest BCUT2D eigenvalue weighted by molar-refractivity contribution is 5.96. The average Bonchev–Trinajstić information content (AvgIpc) is 2.54. The molecule has 9 heteroatoms. The molecule has 3 atom stereocenters. The molecule has 0 saturated carbocycles. The largest absolute Gasteiger partial charge is 0.508 e. The van der Waals surface area contributed by atoms with Gasteiger partial charge in [0.15, 0.2) is 5.60 Å². The smallest absolute Gasteiger partial charge is 0.365 e. The maximum atomic E-state index is 12.1. The molecule has 2 heterocycles. The standard InChI is InChI=1S/C12H9NO8/c14-7-4-2-1-3-6(7)9-10(16)20-13-19-8(15)5-12(9,18)11(17)21-13/h1-4,9,14,18H,5H2. The maximum absolute atomic E-state index is 12.1. The monoisotopic (exact) mass is 295 g/mol. The lowest BCUT2D eigenvalue weighted by Crippen LogP contribution is -2.48. The second-order valence-corrected chi connectivity index (χ2v) is 4.57. The summed E-state index contributed by atoms with van der Waals surface area (Å²) in [6.45, 7) is 0. The minimum absolute atomic E-state index is 0.0506. The molecular weight excluding hydrogens is 286 g/mol. The molecule has 2 saturated heterocycles. The lowest BCUT2D eigenvalue weighted by atomic mass is 9.79. The maximum Gasteiger partial charge on any atom is 0.365 e. The first kappa shape index (κ1) is 13.3. The lowest BCUT2D eigenvalue weighted by molar-refractivity contribution is -0.459. The second kappa shape index (κ2) is 4.43. The molecule has 2 bridgehead atoms. The molecule has 3 rings (SSSR count). The molecule has 0 spiro atoms. The quantitative estimate of drug-likeness (QED) is 0.692. The van der Waals surface area contributed by atoms with Crippen molar-refractivity contribution in [1.82, 2.24) is 5.39 Å². The first-order valence-corrected chi connectivity index (χ1v) is 5.87. The number of carbonyl (C=O) groups excluding carboxylic acids is 3. The van der Waals surface area contributed by atoms with Crippen LogP contribution in [0.3, 0.4) is 0 Å². The van der Waals surface area contributed by atoms with Crippen molar-refractivity contribution in [3.8, 4) is 5.75 Å². The molecule has 0 aromatic heterocycles. The van der Waals surface area contributed by atoms with Gasteiger partial charge in [0, 0.05) is 5.56 Å². The predicted octanol–water partition coefficient (Wildman–Crippen LogP) is -0.699. The van der Waals surface area contributed by atoms with E-state index in [-0.39, 0.29) is 16.7 Å². The Morgan fingerprint density at radius 1 is 1.14 bits per heavy atom. The molecule has 1 aromatic carbocycles. The third-order valence-corrected chi connectivity index (χ3v) is 3.23. The number of rotatable bonds is 1. The SMILES string of the molecule is O=C1CC2(O)C(=O)ON(O1)OC(=O)C2c1ccccc1O. The Bertz CT molecular complexity index is 644. The van der Waals surface area contributed by atoms with Crippen molar-refractivity contribution in [1.29, 1.82) is 0 Å². The van der Waals surface area contributed by atoms with E-state index < -0.39 is 35.8 Å². The Kier molecular flexibility index (Phi) is 2.81. The van der Waals surface area contributed by atoms with Crippen molar-refractivity contribution in [2.45, 2.75) is 17.9 Å². The number of fused-ring (bicyclic) bond motifs is 3. The summed E-state index contributed by atoms with van der Waals surface area (Å²) < 4.78 is 0. The van der Waals surface area contributed by atoms with Gasteiger partial charge in [0.25, 0.3) is 0 Å². The van der Waals surface area contributed by atoms with E-state index in [4.69, 9.17) is 0 Å². The Hall–Kier alpha value is -2.65. The van der Waals surface area contributed by atoms with Gasteiger partial charge >= 0.3 is 17.9 Å². The molecular formula is C12H9NO8. The summed E-state index contributed by atoms with van der Waals surface area (Å²) in [5.74, 6) is -5.42. The van der Waals surface area contributed by atoms with E-state index in [1.54, 1.807) is 0 Å². The van der Waals surface area contributed by atoms with Crippen molar-refractivity contribution in [3.63, 3.8) is 0 Å². The Labute approximate surface area is 117 Å². The van der Waals surface area contributed by atoms with E-state index in [0.717, 1.165) is 0 Å². The van der Waals surface area contributed by atoms with Gasteiger partial charge in [0.05, 0.1) is 6.42 Å². The van der Waals surface area contributed by atoms with Crippen molar-refractivity contribution in [3.05, 3.63) is 29.8 Å². The lowest BCUT2D eigenvalue weighted by Gasteiger charge is -2.28. The Morgan fingerprint density at radius 3 is 2.57 bits per heavy atom. The Morgan fingerprint density at radius 2 is 1.86 bits per heavy atom. The zero-order valence-electron chi connectivity index (χ0n) is 10.4. The van der Waals surface area contributed by atoms with Crippen molar-refractivity contribution >= 4 is 17.9 Å². The molecule has 9 nitrogen and oxygen atoms in total. The van der Waals surface area contributed by atoms with Crippen LogP contribution in [-0.2, 0) is 28.9 Å². The molecule has 2 aliphatic heterocycles. The normalized spacial score (nSPS) is 31.8. The average molecular weight is 295 g/mol. The highest BCUT2D eigenvalue weighted by atomic mass is 17.2. The first-order chi connectivity index (χ1) is 9.91. The molecule has 0 amide bonds. The molecule has 2 N–H and O–H groups in total. The van der Waals surface area contributed by atoms with Crippen LogP contribution in [0.4, 0.5) is 0 Å². The summed E-state index contributed by atoms with van der Waals surface area (Å²) in [6, 6.07) is 5.56. The van der Waals surface area contributed by atoms with E-state index >= 15 is 0 Å². The van der Waals surface area contributed by atoms with Crippen LogP contribution in [0.15, 0.2) is 24.3 Å². The van der Waals surface area contributed by atoms with Gasteiger partial charge in [-0.25, -0.2) is 14.4 Å². The summed E-state index contributed by atoms with van der Waals surface area (Å²) in [6.07, 6.45) is -0.823. The highest BCUT2D eigenvalue weighted by Crippen LogP contribution is 2.41. The molecule has 0 aliphatic carbocycles. The summed E-state index contributed by atoms with van der Waals surface area (Å²) in [5, 5.41) is 20.3. The third-order valence-electron chi connectivity index (χ3n) is 3.23. The fraction of sp³-hybridized carbons (Fsp3) is 0.250.